The molecule has 1 aliphatic rings. The van der Waals surface area contributed by atoms with Gasteiger partial charge in [-0.05, 0) is 11.6 Å². The molecule has 20 heavy (non-hydrogen) atoms. The van der Waals surface area contributed by atoms with Crippen molar-refractivity contribution in [2.24, 2.45) is 0 Å². The number of sulfonamides is 1. The molecule has 2 aromatic rings. The third kappa shape index (κ3) is 2.19. The topological polar surface area (TPSA) is 101 Å². The van der Waals surface area contributed by atoms with Crippen LogP contribution in [0.1, 0.15) is 11.4 Å². The van der Waals surface area contributed by atoms with Crippen LogP contribution in [0.4, 0.5) is 0 Å². The molecule has 0 fully saturated rings. The molecule has 8 nitrogen and oxygen atoms in total. The molecule has 0 aliphatic carbocycles. The Morgan fingerprint density at radius 2 is 2.15 bits per heavy atom. The molecular weight excluding hydrogens is 282 g/mol. The van der Waals surface area contributed by atoms with Gasteiger partial charge in [-0.2, -0.15) is 4.31 Å². The van der Waals surface area contributed by atoms with E-state index < -0.39 is 10.0 Å². The second kappa shape index (κ2) is 4.93. The van der Waals surface area contributed by atoms with Crippen molar-refractivity contribution in [2.75, 3.05) is 6.54 Å². The Balaban J connectivity index is 1.88. The number of aromatic nitrogens is 4. The van der Waals surface area contributed by atoms with E-state index in [4.69, 9.17) is 5.11 Å². The molecule has 0 radical (unpaired) electrons. The Labute approximate surface area is 115 Å². The van der Waals surface area contributed by atoms with Crippen LogP contribution in [-0.2, 0) is 29.7 Å². The van der Waals surface area contributed by atoms with Crippen LogP contribution in [0.15, 0.2) is 29.7 Å². The van der Waals surface area contributed by atoms with Crippen LogP contribution in [0.3, 0.4) is 0 Å². The van der Waals surface area contributed by atoms with E-state index in [2.05, 4.69) is 15.2 Å². The highest BCUT2D eigenvalue weighted by Crippen LogP contribution is 2.19. The number of hydrogen-bond acceptors (Lipinski definition) is 6. The summed E-state index contributed by atoms with van der Waals surface area (Å²) in [6.45, 7) is 0.902. The Hall–Kier alpha value is -1.84. The van der Waals surface area contributed by atoms with Crippen molar-refractivity contribution in [1.82, 2.24) is 24.1 Å². The average Bonchev–Trinajstić information content (AvgIpc) is 2.94. The maximum atomic E-state index is 12.5. The second-order valence-corrected chi connectivity index (χ2v) is 6.33. The van der Waals surface area contributed by atoms with Gasteiger partial charge in [0.1, 0.15) is 12.2 Å². The zero-order chi connectivity index (χ0) is 14.2. The molecule has 0 saturated carbocycles. The lowest BCUT2D eigenvalue weighted by atomic mass is 10.3. The first-order valence-electron chi connectivity index (χ1n) is 6.04. The van der Waals surface area contributed by atoms with E-state index in [1.54, 1.807) is 12.4 Å². The summed E-state index contributed by atoms with van der Waals surface area (Å²) in [6.07, 6.45) is 2.95. The molecule has 2 aromatic heterocycles. The second-order valence-electron chi connectivity index (χ2n) is 4.44. The molecule has 0 aromatic carbocycles. The summed E-state index contributed by atoms with van der Waals surface area (Å²) in [5.74, 6) is 0.617. The van der Waals surface area contributed by atoms with Crippen molar-refractivity contribution in [2.45, 2.75) is 24.7 Å². The molecule has 3 heterocycles. The predicted molar refractivity (Wildman–Crippen MR) is 67.8 cm³/mol. The first-order valence-corrected chi connectivity index (χ1v) is 7.48. The van der Waals surface area contributed by atoms with E-state index in [1.807, 2.05) is 4.57 Å². The van der Waals surface area contributed by atoms with Gasteiger partial charge in [0.05, 0.1) is 13.2 Å². The van der Waals surface area contributed by atoms with E-state index in [9.17, 15) is 8.42 Å². The first kappa shape index (κ1) is 13.2. The Kier molecular flexibility index (Phi) is 3.24. The fourth-order valence-corrected chi connectivity index (χ4v) is 3.34. The normalized spacial score (nSPS) is 16.1. The van der Waals surface area contributed by atoms with Crippen LogP contribution < -0.4 is 0 Å². The predicted octanol–water partition coefficient (Wildman–Crippen LogP) is -0.630. The van der Waals surface area contributed by atoms with Gasteiger partial charge in [-0.3, -0.25) is 0 Å². The van der Waals surface area contributed by atoms with Gasteiger partial charge in [-0.15, -0.1) is 10.2 Å². The minimum atomic E-state index is -3.65. The lowest BCUT2D eigenvalue weighted by Crippen LogP contribution is -2.38. The van der Waals surface area contributed by atoms with Crippen molar-refractivity contribution in [1.29, 1.82) is 0 Å². The lowest BCUT2D eigenvalue weighted by molar-refractivity contribution is 0.281. The molecule has 0 amide bonds. The minimum Gasteiger partial charge on any atom is -0.392 e. The van der Waals surface area contributed by atoms with Crippen molar-refractivity contribution in [3.8, 4) is 0 Å². The van der Waals surface area contributed by atoms with E-state index in [0.29, 0.717) is 24.5 Å². The van der Waals surface area contributed by atoms with Gasteiger partial charge in [-0.1, -0.05) is 6.07 Å². The summed E-state index contributed by atoms with van der Waals surface area (Å²) in [4.78, 5) is 3.91. The number of nitrogens with zero attached hydrogens (tertiary/aromatic N) is 5. The van der Waals surface area contributed by atoms with Gasteiger partial charge < -0.3 is 9.67 Å². The van der Waals surface area contributed by atoms with Crippen molar-refractivity contribution in [3.63, 3.8) is 0 Å². The van der Waals surface area contributed by atoms with Gasteiger partial charge in [-0.25, -0.2) is 13.4 Å². The van der Waals surface area contributed by atoms with Crippen LogP contribution in [0.25, 0.3) is 0 Å². The van der Waals surface area contributed by atoms with E-state index in [-0.39, 0.29) is 18.2 Å². The van der Waals surface area contributed by atoms with E-state index in [1.165, 1.54) is 16.6 Å². The molecule has 1 aliphatic heterocycles. The molecular formula is C11H13N5O3S. The fourth-order valence-electron chi connectivity index (χ4n) is 2.04. The van der Waals surface area contributed by atoms with Crippen molar-refractivity contribution < 1.29 is 13.5 Å². The Bertz CT molecular complexity index is 710. The summed E-state index contributed by atoms with van der Waals surface area (Å²) < 4.78 is 28.1. The molecule has 0 spiro atoms. The lowest BCUT2D eigenvalue weighted by Gasteiger charge is -2.25. The maximum absolute atomic E-state index is 12.5. The molecule has 0 bridgehead atoms. The summed E-state index contributed by atoms with van der Waals surface area (Å²) >= 11 is 0. The number of pyridine rings is 1. The number of fused-ring (bicyclic) bond motifs is 1. The first-order chi connectivity index (χ1) is 9.61. The molecule has 3 rings (SSSR count). The van der Waals surface area contributed by atoms with Gasteiger partial charge in [0.25, 0.3) is 10.0 Å². The number of rotatable bonds is 3. The van der Waals surface area contributed by atoms with E-state index in [0.717, 1.165) is 0 Å². The summed E-state index contributed by atoms with van der Waals surface area (Å²) in [5.41, 5.74) is 0.572. The highest BCUT2D eigenvalue weighted by Gasteiger charge is 2.30. The SMILES string of the molecule is O=S(=O)(c1ccc(CO)cn1)N1CCn2cnnc2C1. The largest absolute Gasteiger partial charge is 0.392 e. The third-order valence-corrected chi connectivity index (χ3v) is 4.95. The molecule has 1 N–H and O–H groups in total. The maximum Gasteiger partial charge on any atom is 0.260 e. The number of hydrogen-bond donors (Lipinski definition) is 1. The quantitative estimate of drug-likeness (QED) is 0.809. The van der Waals surface area contributed by atoms with Crippen LogP contribution in [-0.4, -0.2) is 44.1 Å². The third-order valence-electron chi connectivity index (χ3n) is 3.19. The minimum absolute atomic E-state index is 0.0253. The summed E-state index contributed by atoms with van der Waals surface area (Å²) in [7, 11) is -3.65. The highest BCUT2D eigenvalue weighted by atomic mass is 32.2. The summed E-state index contributed by atoms with van der Waals surface area (Å²) in [6, 6.07) is 2.95. The van der Waals surface area contributed by atoms with E-state index >= 15 is 0 Å². The molecule has 0 saturated heterocycles. The fraction of sp³-hybridized carbons (Fsp3) is 0.364. The van der Waals surface area contributed by atoms with Gasteiger partial charge in [0.2, 0.25) is 0 Å². The zero-order valence-corrected chi connectivity index (χ0v) is 11.4. The van der Waals surface area contributed by atoms with Crippen molar-refractivity contribution in [3.05, 3.63) is 36.0 Å². The van der Waals surface area contributed by atoms with Gasteiger partial charge >= 0.3 is 0 Å². The molecule has 106 valence electrons. The molecule has 0 unspecified atom stereocenters. The standard InChI is InChI=1S/C11H13N5O3S/c17-7-9-1-2-11(12-5-9)20(18,19)16-4-3-15-8-13-14-10(15)6-16/h1-2,5,8,17H,3-4,6-7H2. The van der Waals surface area contributed by atoms with Crippen LogP contribution >= 0.6 is 0 Å². The average molecular weight is 295 g/mol. The zero-order valence-electron chi connectivity index (χ0n) is 10.5. The van der Waals surface area contributed by atoms with Gasteiger partial charge in [0.15, 0.2) is 5.03 Å². The van der Waals surface area contributed by atoms with Crippen molar-refractivity contribution >= 4 is 10.0 Å². The van der Waals surface area contributed by atoms with Crippen LogP contribution in [0.2, 0.25) is 0 Å². The Morgan fingerprint density at radius 1 is 1.30 bits per heavy atom. The molecule has 9 heteroatoms. The number of aliphatic hydroxyl groups excluding tert-OH is 1. The molecule has 0 atom stereocenters. The number of aliphatic hydroxyl groups is 1. The smallest absolute Gasteiger partial charge is 0.260 e. The monoisotopic (exact) mass is 295 g/mol. The van der Waals surface area contributed by atoms with Crippen LogP contribution in [0, 0.1) is 0 Å². The summed E-state index contributed by atoms with van der Waals surface area (Å²) in [5, 5.41) is 16.6. The highest BCUT2D eigenvalue weighted by molar-refractivity contribution is 7.89. The van der Waals surface area contributed by atoms with Crippen LogP contribution in [0.5, 0.6) is 0 Å². The Morgan fingerprint density at radius 3 is 2.85 bits per heavy atom. The van der Waals surface area contributed by atoms with Gasteiger partial charge in [0, 0.05) is 19.3 Å².